The predicted octanol–water partition coefficient (Wildman–Crippen LogP) is 4.74. The highest BCUT2D eigenvalue weighted by atomic mass is 35.5. The molecule has 2 aliphatic rings. The van der Waals surface area contributed by atoms with Crippen molar-refractivity contribution >= 4 is 45.8 Å². The number of piperidine rings is 1. The van der Waals surface area contributed by atoms with Crippen molar-refractivity contribution in [3.05, 3.63) is 59.9 Å². The van der Waals surface area contributed by atoms with Crippen LogP contribution in [0.4, 0.5) is 0 Å². The van der Waals surface area contributed by atoms with Crippen molar-refractivity contribution in [1.82, 2.24) is 10.2 Å². The van der Waals surface area contributed by atoms with Gasteiger partial charge >= 0.3 is 0 Å². The Hall–Kier alpha value is -2.28. The maximum atomic E-state index is 13.2. The molecule has 0 radical (unpaired) electrons. The number of carbonyl (C=O) groups excluding carboxylic acids is 2. The van der Waals surface area contributed by atoms with Crippen molar-refractivity contribution in [3.8, 4) is 11.3 Å². The molecule has 1 atom stereocenters. The van der Waals surface area contributed by atoms with Gasteiger partial charge in [0.2, 0.25) is 5.91 Å². The van der Waals surface area contributed by atoms with E-state index in [9.17, 15) is 9.59 Å². The molecule has 1 aromatic heterocycles. The molecule has 1 N–H and O–H groups in total. The van der Waals surface area contributed by atoms with Crippen LogP contribution in [0, 0.1) is 6.92 Å². The number of thioether (sulfide) groups is 1. The molecule has 2 saturated heterocycles. The Morgan fingerprint density at radius 2 is 1.91 bits per heavy atom. The summed E-state index contributed by atoms with van der Waals surface area (Å²) in [5.41, 5.74) is 2.25. The SMILES string of the molecule is Cc1ccc(-c2ccc(CN3C(=O)C(C(=O)CCl)SC34CCNCC4)o2)c2ccccc12. The van der Waals surface area contributed by atoms with Crippen molar-refractivity contribution in [2.75, 3.05) is 19.0 Å². The van der Waals surface area contributed by atoms with Crippen LogP contribution in [0.25, 0.3) is 22.1 Å². The number of Topliss-reactive ketones (excluding diaryl/α,β-unsaturated/α-hetero) is 1. The third kappa shape index (κ3) is 3.64. The summed E-state index contributed by atoms with van der Waals surface area (Å²) >= 11 is 7.27. The van der Waals surface area contributed by atoms with E-state index in [4.69, 9.17) is 16.0 Å². The first-order chi connectivity index (χ1) is 15.5. The van der Waals surface area contributed by atoms with Crippen LogP contribution < -0.4 is 5.32 Å². The summed E-state index contributed by atoms with van der Waals surface area (Å²) < 4.78 is 6.25. The molecule has 5 rings (SSSR count). The van der Waals surface area contributed by atoms with E-state index in [-0.39, 0.29) is 17.6 Å². The molecule has 0 aliphatic carbocycles. The largest absolute Gasteiger partial charge is 0.459 e. The maximum Gasteiger partial charge on any atom is 0.244 e. The monoisotopic (exact) mass is 468 g/mol. The van der Waals surface area contributed by atoms with Crippen LogP contribution in [0.1, 0.15) is 24.2 Å². The van der Waals surface area contributed by atoms with Gasteiger partial charge in [-0.05, 0) is 61.3 Å². The lowest BCUT2D eigenvalue weighted by molar-refractivity contribution is -0.136. The number of ketones is 1. The van der Waals surface area contributed by atoms with Gasteiger partial charge in [-0.1, -0.05) is 36.4 Å². The molecule has 2 fully saturated rings. The number of hydrogen-bond acceptors (Lipinski definition) is 5. The lowest BCUT2D eigenvalue weighted by atomic mass is 9.99. The van der Waals surface area contributed by atoms with E-state index in [0.717, 1.165) is 48.4 Å². The summed E-state index contributed by atoms with van der Waals surface area (Å²) in [6.45, 7) is 4.09. The predicted molar refractivity (Wildman–Crippen MR) is 129 cm³/mol. The van der Waals surface area contributed by atoms with E-state index in [1.165, 1.54) is 22.7 Å². The number of alkyl halides is 1. The Morgan fingerprint density at radius 3 is 2.66 bits per heavy atom. The van der Waals surface area contributed by atoms with Gasteiger partial charge in [0.05, 0.1) is 17.3 Å². The highest BCUT2D eigenvalue weighted by Crippen LogP contribution is 2.48. The second-order valence-electron chi connectivity index (χ2n) is 8.46. The fourth-order valence-electron chi connectivity index (χ4n) is 4.80. The average Bonchev–Trinajstić information content (AvgIpc) is 3.39. The number of carbonyl (C=O) groups is 2. The summed E-state index contributed by atoms with van der Waals surface area (Å²) in [6, 6.07) is 16.4. The molecule has 1 amide bonds. The van der Waals surface area contributed by atoms with Gasteiger partial charge in [0.25, 0.3) is 0 Å². The molecule has 32 heavy (non-hydrogen) atoms. The Balaban J connectivity index is 1.46. The van der Waals surface area contributed by atoms with E-state index < -0.39 is 10.1 Å². The van der Waals surface area contributed by atoms with E-state index in [2.05, 4.69) is 36.5 Å². The van der Waals surface area contributed by atoms with Crippen LogP contribution in [-0.2, 0) is 16.1 Å². The molecule has 166 valence electrons. The quantitative estimate of drug-likeness (QED) is 0.433. The van der Waals surface area contributed by atoms with Crippen molar-refractivity contribution < 1.29 is 14.0 Å². The zero-order chi connectivity index (χ0) is 22.3. The number of amides is 1. The zero-order valence-corrected chi connectivity index (χ0v) is 19.5. The number of nitrogens with one attached hydrogen (secondary N) is 1. The van der Waals surface area contributed by atoms with E-state index >= 15 is 0 Å². The molecular weight excluding hydrogens is 444 g/mol. The summed E-state index contributed by atoms with van der Waals surface area (Å²) in [5.74, 6) is 0.991. The van der Waals surface area contributed by atoms with Gasteiger partial charge in [-0.25, -0.2) is 0 Å². The molecule has 5 nitrogen and oxygen atoms in total. The maximum absolute atomic E-state index is 13.2. The highest BCUT2D eigenvalue weighted by Gasteiger charge is 2.54. The molecule has 1 spiro atoms. The van der Waals surface area contributed by atoms with Crippen LogP contribution >= 0.6 is 23.4 Å². The first-order valence-electron chi connectivity index (χ1n) is 10.9. The van der Waals surface area contributed by atoms with E-state index in [1.54, 1.807) is 0 Å². The number of benzene rings is 2. The third-order valence-corrected chi connectivity index (χ3v) is 8.54. The molecule has 7 heteroatoms. The van der Waals surface area contributed by atoms with Crippen LogP contribution in [0.5, 0.6) is 0 Å². The molecular formula is C25H25ClN2O3S. The molecule has 0 bridgehead atoms. The number of halogens is 1. The first-order valence-corrected chi connectivity index (χ1v) is 12.3. The van der Waals surface area contributed by atoms with Gasteiger partial charge in [-0.15, -0.1) is 23.4 Å². The van der Waals surface area contributed by atoms with Crippen molar-refractivity contribution in [2.24, 2.45) is 0 Å². The fraction of sp³-hybridized carbons (Fsp3) is 0.360. The fourth-order valence-corrected chi connectivity index (χ4v) is 6.65. The van der Waals surface area contributed by atoms with Crippen LogP contribution in [0.3, 0.4) is 0 Å². The van der Waals surface area contributed by atoms with Gasteiger partial charge in [-0.3, -0.25) is 9.59 Å². The molecule has 2 aliphatic heterocycles. The summed E-state index contributed by atoms with van der Waals surface area (Å²) in [5, 5.41) is 4.98. The zero-order valence-electron chi connectivity index (χ0n) is 17.9. The van der Waals surface area contributed by atoms with E-state index in [0.29, 0.717) is 6.54 Å². The van der Waals surface area contributed by atoms with Crippen molar-refractivity contribution in [1.29, 1.82) is 0 Å². The number of aryl methyl sites for hydroxylation is 1. The van der Waals surface area contributed by atoms with Gasteiger partial charge in [-0.2, -0.15) is 0 Å². The Labute approximate surface area is 196 Å². The van der Waals surface area contributed by atoms with Gasteiger partial charge in [0.15, 0.2) is 5.78 Å². The Bertz CT molecular complexity index is 1180. The molecule has 0 saturated carbocycles. The highest BCUT2D eigenvalue weighted by molar-refractivity contribution is 8.03. The first kappa shape index (κ1) is 21.6. The minimum Gasteiger partial charge on any atom is -0.459 e. The number of rotatable bonds is 5. The second kappa shape index (κ2) is 8.58. The van der Waals surface area contributed by atoms with Crippen molar-refractivity contribution in [2.45, 2.75) is 36.4 Å². The van der Waals surface area contributed by atoms with Crippen LogP contribution in [0.15, 0.2) is 52.9 Å². The topological polar surface area (TPSA) is 62.6 Å². The lowest BCUT2D eigenvalue weighted by Gasteiger charge is -2.40. The minimum atomic E-state index is -0.721. The third-order valence-electron chi connectivity index (χ3n) is 6.51. The molecule has 2 aromatic carbocycles. The van der Waals surface area contributed by atoms with Gasteiger partial charge in [0, 0.05) is 5.56 Å². The normalized spacial score (nSPS) is 20.4. The van der Waals surface area contributed by atoms with Crippen LogP contribution in [0.2, 0.25) is 0 Å². The van der Waals surface area contributed by atoms with Gasteiger partial charge < -0.3 is 14.6 Å². The molecule has 1 unspecified atom stereocenters. The Morgan fingerprint density at radius 1 is 1.16 bits per heavy atom. The second-order valence-corrected chi connectivity index (χ2v) is 10.2. The molecule has 3 aromatic rings. The van der Waals surface area contributed by atoms with Gasteiger partial charge in [0.1, 0.15) is 16.8 Å². The van der Waals surface area contributed by atoms with Crippen molar-refractivity contribution in [3.63, 3.8) is 0 Å². The smallest absolute Gasteiger partial charge is 0.244 e. The standard InChI is InChI=1S/C25H25ClN2O3S/c1-16-6-8-20(19-5-3-2-4-18(16)19)22-9-7-17(31-22)15-28-24(30)23(21(29)14-26)32-25(28)10-12-27-13-11-25/h2-9,23,27H,10-15H2,1H3. The molecule has 3 heterocycles. The average molecular weight is 469 g/mol. The number of nitrogens with zero attached hydrogens (tertiary/aromatic N) is 1. The Kier molecular flexibility index (Phi) is 5.78. The number of fused-ring (bicyclic) bond motifs is 1. The summed E-state index contributed by atoms with van der Waals surface area (Å²) in [6.07, 6.45) is 1.59. The number of furan rings is 1. The lowest BCUT2D eigenvalue weighted by Crippen LogP contribution is -2.50. The summed E-state index contributed by atoms with van der Waals surface area (Å²) in [4.78, 5) is 27.0. The minimum absolute atomic E-state index is 0.142. The van der Waals surface area contributed by atoms with Crippen LogP contribution in [-0.4, -0.2) is 45.7 Å². The number of hydrogen-bond donors (Lipinski definition) is 1. The van der Waals surface area contributed by atoms with E-state index in [1.807, 2.05) is 29.2 Å². The summed E-state index contributed by atoms with van der Waals surface area (Å²) in [7, 11) is 0.